The summed E-state index contributed by atoms with van der Waals surface area (Å²) < 4.78 is 23.4. The fourth-order valence-electron chi connectivity index (χ4n) is 0.686. The van der Waals surface area contributed by atoms with Gasteiger partial charge in [-0.25, -0.2) is 4.98 Å². The molecule has 0 aliphatic heterocycles. The summed E-state index contributed by atoms with van der Waals surface area (Å²) in [6.07, 6.45) is -1.70. The first-order valence-corrected chi connectivity index (χ1v) is 4.63. The van der Waals surface area contributed by atoms with Gasteiger partial charge in [0, 0.05) is 11.1 Å². The smallest absolute Gasteiger partial charge is 0.267 e. The molecule has 0 bridgehead atoms. The van der Waals surface area contributed by atoms with Crippen LogP contribution in [-0.2, 0) is 4.79 Å². The third kappa shape index (κ3) is 3.24. The van der Waals surface area contributed by atoms with Crippen molar-refractivity contribution >= 4 is 23.2 Å². The van der Waals surface area contributed by atoms with E-state index in [1.54, 1.807) is 12.3 Å². The minimum atomic E-state index is -3.16. The highest BCUT2D eigenvalue weighted by Crippen LogP contribution is 2.10. The van der Waals surface area contributed by atoms with Gasteiger partial charge in [0.25, 0.3) is 5.91 Å². The Morgan fingerprint density at radius 2 is 2.13 bits per heavy atom. The first-order chi connectivity index (χ1) is 7.00. The van der Waals surface area contributed by atoms with E-state index in [4.69, 9.17) is 0 Å². The van der Waals surface area contributed by atoms with Crippen LogP contribution in [0.25, 0.3) is 0 Å². The highest BCUT2D eigenvalue weighted by atomic mass is 32.1. The number of carbonyl (C=O) groups excluding carboxylic acids is 2. The zero-order valence-corrected chi connectivity index (χ0v) is 8.40. The summed E-state index contributed by atoms with van der Waals surface area (Å²) in [6, 6.07) is 0. The maximum absolute atomic E-state index is 11.7. The summed E-state index contributed by atoms with van der Waals surface area (Å²) in [7, 11) is 0. The number of carbonyl (C=O) groups is 2. The molecule has 8 heteroatoms. The molecule has 1 aromatic heterocycles. The number of thiazole rings is 1. The molecule has 0 saturated heterocycles. The zero-order valence-electron chi connectivity index (χ0n) is 7.58. The van der Waals surface area contributed by atoms with Gasteiger partial charge in [-0.15, -0.1) is 11.3 Å². The Morgan fingerprint density at radius 1 is 1.47 bits per heavy atom. The molecule has 0 saturated carbocycles. The van der Waals surface area contributed by atoms with E-state index < -0.39 is 18.2 Å². The first kappa shape index (κ1) is 11.5. The van der Waals surface area contributed by atoms with Crippen molar-refractivity contribution in [2.45, 2.75) is 13.3 Å². The van der Waals surface area contributed by atoms with Crippen molar-refractivity contribution < 1.29 is 18.4 Å². The number of hydrogen-bond acceptors (Lipinski definition) is 4. The molecule has 0 aliphatic carbocycles. The van der Waals surface area contributed by atoms with Gasteiger partial charge in [-0.2, -0.15) is 8.78 Å². The van der Waals surface area contributed by atoms with Crippen molar-refractivity contribution in [1.82, 2.24) is 15.8 Å². The molecule has 1 heterocycles. The lowest BCUT2D eigenvalue weighted by molar-refractivity contribution is -0.132. The van der Waals surface area contributed by atoms with Crippen LogP contribution in [0.15, 0.2) is 6.20 Å². The van der Waals surface area contributed by atoms with Gasteiger partial charge < -0.3 is 0 Å². The largest absolute Gasteiger partial charge is 0.317 e. The van der Waals surface area contributed by atoms with Gasteiger partial charge in [-0.05, 0) is 6.92 Å². The van der Waals surface area contributed by atoms with Crippen LogP contribution in [0.4, 0.5) is 8.78 Å². The molecule has 1 rings (SSSR count). The van der Waals surface area contributed by atoms with Crippen molar-refractivity contribution in [1.29, 1.82) is 0 Å². The van der Waals surface area contributed by atoms with Crippen molar-refractivity contribution in [3.8, 4) is 0 Å². The van der Waals surface area contributed by atoms with Crippen molar-refractivity contribution in [3.05, 3.63) is 16.1 Å². The molecular formula is C7H7F2N3O2S. The van der Waals surface area contributed by atoms with E-state index in [1.165, 1.54) is 6.20 Å². The molecular weight excluding hydrogens is 228 g/mol. The minimum absolute atomic E-state index is 0.0991. The fourth-order valence-corrected chi connectivity index (χ4v) is 1.35. The third-order valence-corrected chi connectivity index (χ3v) is 2.22. The molecule has 15 heavy (non-hydrogen) atoms. The SMILES string of the molecule is Cc1cnc(C(=O)NNC(=O)C(F)F)s1. The van der Waals surface area contributed by atoms with E-state index in [1.807, 2.05) is 5.43 Å². The second-order valence-electron chi connectivity index (χ2n) is 2.52. The minimum Gasteiger partial charge on any atom is -0.267 e. The number of rotatable bonds is 2. The second-order valence-corrected chi connectivity index (χ2v) is 3.75. The molecule has 82 valence electrons. The van der Waals surface area contributed by atoms with E-state index >= 15 is 0 Å². The third-order valence-electron chi connectivity index (χ3n) is 1.31. The maximum atomic E-state index is 11.7. The lowest BCUT2D eigenvalue weighted by atomic mass is 10.6. The van der Waals surface area contributed by atoms with Crippen LogP contribution in [-0.4, -0.2) is 23.2 Å². The fraction of sp³-hybridized carbons (Fsp3) is 0.286. The van der Waals surface area contributed by atoms with Gasteiger partial charge in [-0.1, -0.05) is 0 Å². The average molecular weight is 235 g/mol. The average Bonchev–Trinajstić information content (AvgIpc) is 2.60. The monoisotopic (exact) mass is 235 g/mol. The Labute approximate surface area is 87.5 Å². The zero-order chi connectivity index (χ0) is 11.4. The maximum Gasteiger partial charge on any atom is 0.317 e. The second kappa shape index (κ2) is 4.78. The number of amides is 2. The van der Waals surface area contributed by atoms with Gasteiger partial charge >= 0.3 is 12.3 Å². The van der Waals surface area contributed by atoms with Crippen LogP contribution in [0.1, 0.15) is 14.7 Å². The van der Waals surface area contributed by atoms with E-state index in [2.05, 4.69) is 4.98 Å². The lowest BCUT2D eigenvalue weighted by Crippen LogP contribution is -2.44. The molecule has 0 spiro atoms. The van der Waals surface area contributed by atoms with Gasteiger partial charge in [0.1, 0.15) is 0 Å². The van der Waals surface area contributed by atoms with Crippen LogP contribution >= 0.6 is 11.3 Å². The van der Waals surface area contributed by atoms with Gasteiger partial charge in [0.2, 0.25) is 0 Å². The molecule has 0 fully saturated rings. The summed E-state index contributed by atoms with van der Waals surface area (Å²) in [6.45, 7) is 1.74. The van der Waals surface area contributed by atoms with Crippen LogP contribution < -0.4 is 10.9 Å². The highest BCUT2D eigenvalue weighted by molar-refractivity contribution is 7.13. The van der Waals surface area contributed by atoms with Crippen molar-refractivity contribution in [2.75, 3.05) is 0 Å². The van der Waals surface area contributed by atoms with Gasteiger partial charge in [-0.3, -0.25) is 20.4 Å². The summed E-state index contributed by atoms with van der Waals surface area (Å²) in [4.78, 5) is 26.1. The summed E-state index contributed by atoms with van der Waals surface area (Å²) in [5.41, 5.74) is 3.39. The van der Waals surface area contributed by atoms with Gasteiger partial charge in [0.05, 0.1) is 0 Å². The molecule has 5 nitrogen and oxygen atoms in total. The topological polar surface area (TPSA) is 71.1 Å². The Balaban J connectivity index is 2.47. The van der Waals surface area contributed by atoms with E-state index in [0.29, 0.717) is 0 Å². The molecule has 0 aromatic carbocycles. The van der Waals surface area contributed by atoms with Gasteiger partial charge in [0.15, 0.2) is 5.01 Å². The number of aryl methyl sites for hydroxylation is 1. The normalized spacial score (nSPS) is 10.1. The predicted molar refractivity (Wildman–Crippen MR) is 48.5 cm³/mol. The Kier molecular flexibility index (Phi) is 3.67. The Hall–Kier alpha value is -1.57. The van der Waals surface area contributed by atoms with Crippen LogP contribution in [0, 0.1) is 6.92 Å². The van der Waals surface area contributed by atoms with E-state index in [0.717, 1.165) is 16.2 Å². The summed E-state index contributed by atoms with van der Waals surface area (Å²) >= 11 is 1.09. The molecule has 0 radical (unpaired) electrons. The molecule has 0 atom stereocenters. The van der Waals surface area contributed by atoms with Crippen LogP contribution in [0.5, 0.6) is 0 Å². The molecule has 2 N–H and O–H groups in total. The van der Waals surface area contributed by atoms with Crippen LogP contribution in [0.2, 0.25) is 0 Å². The van der Waals surface area contributed by atoms with Crippen LogP contribution in [0.3, 0.4) is 0 Å². The number of nitrogens with one attached hydrogen (secondary N) is 2. The number of aromatic nitrogens is 1. The van der Waals surface area contributed by atoms with Crippen molar-refractivity contribution in [2.24, 2.45) is 0 Å². The number of nitrogens with zero attached hydrogens (tertiary/aromatic N) is 1. The molecule has 1 aromatic rings. The quantitative estimate of drug-likeness (QED) is 0.732. The predicted octanol–water partition coefficient (Wildman–Crippen LogP) is 0.478. The summed E-state index contributed by atoms with van der Waals surface area (Å²) in [5, 5.41) is 0.0991. The standard InChI is InChI=1S/C7H7F2N3O2S/c1-3-2-10-7(15-3)6(14)12-11-5(13)4(8)9/h2,4H,1H3,(H,11,13)(H,12,14). The summed E-state index contributed by atoms with van der Waals surface area (Å²) in [5.74, 6) is -2.28. The molecule has 2 amide bonds. The van der Waals surface area contributed by atoms with E-state index in [-0.39, 0.29) is 5.01 Å². The Morgan fingerprint density at radius 3 is 2.60 bits per heavy atom. The number of hydrazine groups is 1. The Bertz CT molecular complexity index is 380. The number of halogens is 2. The lowest BCUT2D eigenvalue weighted by Gasteiger charge is -2.03. The number of alkyl halides is 2. The number of hydrogen-bond donors (Lipinski definition) is 2. The molecule has 0 aliphatic rings. The first-order valence-electron chi connectivity index (χ1n) is 3.81. The molecule has 0 unspecified atom stereocenters. The van der Waals surface area contributed by atoms with E-state index in [9.17, 15) is 18.4 Å². The van der Waals surface area contributed by atoms with Crippen molar-refractivity contribution in [3.63, 3.8) is 0 Å². The highest BCUT2D eigenvalue weighted by Gasteiger charge is 2.16.